The number of pyridine rings is 1. The van der Waals surface area contributed by atoms with Crippen LogP contribution in [0, 0.1) is 5.82 Å². The van der Waals surface area contributed by atoms with Crippen LogP contribution in [0.4, 0.5) is 4.39 Å². The summed E-state index contributed by atoms with van der Waals surface area (Å²) in [6.45, 7) is 0.128. The summed E-state index contributed by atoms with van der Waals surface area (Å²) in [6.07, 6.45) is 4.50. The topological polar surface area (TPSA) is 117 Å². The Morgan fingerprint density at radius 3 is 2.91 bits per heavy atom. The number of hydrogen-bond acceptors (Lipinski definition) is 4. The van der Waals surface area contributed by atoms with Crippen LogP contribution in [-0.4, -0.2) is 30.8 Å². The van der Waals surface area contributed by atoms with Crippen LogP contribution in [-0.2, 0) is 6.54 Å². The molecule has 6 aromatic rings. The van der Waals surface area contributed by atoms with E-state index in [1.807, 2.05) is 18.2 Å². The summed E-state index contributed by atoms with van der Waals surface area (Å²) in [7, 11) is 0. The number of aromatic amines is 2. The fourth-order valence-electron chi connectivity index (χ4n) is 4.44. The van der Waals surface area contributed by atoms with E-state index in [0.29, 0.717) is 10.9 Å². The second-order valence-corrected chi connectivity index (χ2v) is 7.74. The Morgan fingerprint density at radius 1 is 1.21 bits per heavy atom. The Balaban J connectivity index is 1.74. The van der Waals surface area contributed by atoms with Crippen molar-refractivity contribution in [3.05, 3.63) is 88.5 Å². The summed E-state index contributed by atoms with van der Waals surface area (Å²) in [5, 5.41) is 18.6. The van der Waals surface area contributed by atoms with Crippen LogP contribution in [0.15, 0.2) is 70.3 Å². The second kappa shape index (κ2) is 6.92. The molecule has 0 radical (unpaired) electrons. The van der Waals surface area contributed by atoms with Gasteiger partial charge in [0, 0.05) is 23.7 Å². The minimum atomic E-state index is -1.24. The highest BCUT2D eigenvalue weighted by Crippen LogP contribution is 2.40. The van der Waals surface area contributed by atoms with E-state index < -0.39 is 17.3 Å². The number of nitrogens with zero attached hydrogens (tertiary/aromatic N) is 2. The van der Waals surface area contributed by atoms with Gasteiger partial charge in [-0.3, -0.25) is 9.89 Å². The molecule has 4 aromatic heterocycles. The molecule has 0 aliphatic heterocycles. The molecule has 0 aliphatic carbocycles. The predicted molar refractivity (Wildman–Crippen MR) is 120 cm³/mol. The third-order valence-electron chi connectivity index (χ3n) is 5.85. The van der Waals surface area contributed by atoms with Gasteiger partial charge >= 0.3 is 5.97 Å². The Kier molecular flexibility index (Phi) is 4.00. The third-order valence-corrected chi connectivity index (χ3v) is 5.85. The van der Waals surface area contributed by atoms with Gasteiger partial charge in [0.05, 0.1) is 39.8 Å². The van der Waals surface area contributed by atoms with Crippen molar-refractivity contribution in [2.75, 3.05) is 0 Å². The SMILES string of the molecule is O=C(O)c1c(-c2ccc[nH]c2=O)c2c3occc3c(F)cc2n1Cc1ccc2cn[nH]c2c1. The summed E-state index contributed by atoms with van der Waals surface area (Å²) in [4.78, 5) is 27.8. The van der Waals surface area contributed by atoms with Crippen molar-refractivity contribution in [3.63, 3.8) is 0 Å². The zero-order chi connectivity index (χ0) is 22.7. The number of carboxylic acid groups (broad SMARTS) is 1. The molecule has 6 rings (SSSR count). The van der Waals surface area contributed by atoms with E-state index in [4.69, 9.17) is 4.42 Å². The average molecular weight is 442 g/mol. The van der Waals surface area contributed by atoms with Gasteiger partial charge in [0.25, 0.3) is 5.56 Å². The van der Waals surface area contributed by atoms with E-state index in [9.17, 15) is 19.1 Å². The highest BCUT2D eigenvalue weighted by Gasteiger charge is 2.28. The number of hydrogen-bond donors (Lipinski definition) is 3. The Morgan fingerprint density at radius 2 is 2.09 bits per heavy atom. The first kappa shape index (κ1) is 19.1. The molecule has 0 atom stereocenters. The molecule has 2 aromatic carbocycles. The lowest BCUT2D eigenvalue weighted by molar-refractivity contribution is 0.0687. The first-order valence-electron chi connectivity index (χ1n) is 10.1. The fourth-order valence-corrected chi connectivity index (χ4v) is 4.44. The lowest BCUT2D eigenvalue weighted by Crippen LogP contribution is -2.13. The molecule has 0 saturated carbocycles. The second-order valence-electron chi connectivity index (χ2n) is 7.74. The zero-order valence-electron chi connectivity index (χ0n) is 16.9. The molecule has 162 valence electrons. The van der Waals surface area contributed by atoms with Crippen LogP contribution in [0.1, 0.15) is 16.1 Å². The van der Waals surface area contributed by atoms with Crippen molar-refractivity contribution in [1.82, 2.24) is 19.7 Å². The largest absolute Gasteiger partial charge is 0.477 e. The molecule has 0 bridgehead atoms. The maximum Gasteiger partial charge on any atom is 0.353 e. The number of rotatable bonds is 4. The normalized spacial score (nSPS) is 11.7. The molecule has 0 saturated heterocycles. The maximum absolute atomic E-state index is 15.0. The number of fused-ring (bicyclic) bond motifs is 4. The smallest absolute Gasteiger partial charge is 0.353 e. The molecule has 0 amide bonds. The van der Waals surface area contributed by atoms with E-state index in [-0.39, 0.29) is 34.3 Å². The molecule has 0 aliphatic rings. The third kappa shape index (κ3) is 2.79. The van der Waals surface area contributed by atoms with E-state index in [1.54, 1.807) is 18.3 Å². The van der Waals surface area contributed by atoms with Crippen molar-refractivity contribution in [2.45, 2.75) is 6.54 Å². The monoisotopic (exact) mass is 442 g/mol. The van der Waals surface area contributed by atoms with E-state index >= 15 is 0 Å². The van der Waals surface area contributed by atoms with Gasteiger partial charge in [0.1, 0.15) is 17.1 Å². The van der Waals surface area contributed by atoms with Gasteiger partial charge in [-0.1, -0.05) is 12.1 Å². The Bertz CT molecular complexity index is 1770. The molecular formula is C24H15FN4O4. The Labute approximate surface area is 183 Å². The van der Waals surface area contributed by atoms with Crippen LogP contribution >= 0.6 is 0 Å². The number of carbonyl (C=O) groups is 1. The molecular weight excluding hydrogens is 427 g/mol. The first-order chi connectivity index (χ1) is 16.0. The van der Waals surface area contributed by atoms with Crippen molar-refractivity contribution >= 4 is 38.7 Å². The molecule has 0 unspecified atom stereocenters. The van der Waals surface area contributed by atoms with Crippen LogP contribution in [0.3, 0.4) is 0 Å². The van der Waals surface area contributed by atoms with Crippen LogP contribution in [0.5, 0.6) is 0 Å². The summed E-state index contributed by atoms with van der Waals surface area (Å²) in [5.74, 6) is -1.79. The van der Waals surface area contributed by atoms with Gasteiger partial charge in [0.2, 0.25) is 0 Å². The number of carboxylic acids is 1. The van der Waals surface area contributed by atoms with Crippen molar-refractivity contribution in [1.29, 1.82) is 0 Å². The minimum absolute atomic E-state index is 0.128. The van der Waals surface area contributed by atoms with E-state index in [1.165, 1.54) is 29.2 Å². The van der Waals surface area contributed by atoms with E-state index in [2.05, 4.69) is 15.2 Å². The van der Waals surface area contributed by atoms with Crippen molar-refractivity contribution < 1.29 is 18.7 Å². The van der Waals surface area contributed by atoms with Gasteiger partial charge < -0.3 is 19.1 Å². The summed E-state index contributed by atoms with van der Waals surface area (Å²) in [6, 6.07) is 11.5. The lowest BCUT2D eigenvalue weighted by atomic mass is 10.0. The maximum atomic E-state index is 15.0. The predicted octanol–water partition coefficient (Wildman–Crippen LogP) is 4.50. The van der Waals surface area contributed by atoms with Crippen LogP contribution in [0.2, 0.25) is 0 Å². The lowest BCUT2D eigenvalue weighted by Gasteiger charge is -2.10. The number of benzene rings is 2. The first-order valence-corrected chi connectivity index (χ1v) is 10.1. The van der Waals surface area contributed by atoms with Crippen molar-refractivity contribution in [2.24, 2.45) is 0 Å². The molecule has 9 heteroatoms. The number of halogens is 1. The molecule has 0 spiro atoms. The van der Waals surface area contributed by atoms with Gasteiger partial charge in [-0.25, -0.2) is 9.18 Å². The molecule has 4 heterocycles. The molecule has 0 fully saturated rings. The Hall–Kier alpha value is -4.66. The van der Waals surface area contributed by atoms with Gasteiger partial charge in [-0.15, -0.1) is 0 Å². The fraction of sp³-hybridized carbons (Fsp3) is 0.0417. The average Bonchev–Trinajstić information content (AvgIpc) is 3.52. The minimum Gasteiger partial charge on any atom is -0.477 e. The van der Waals surface area contributed by atoms with Crippen LogP contribution in [0.25, 0.3) is 43.9 Å². The molecule has 33 heavy (non-hydrogen) atoms. The van der Waals surface area contributed by atoms with Crippen molar-refractivity contribution in [3.8, 4) is 11.1 Å². The highest BCUT2D eigenvalue weighted by molar-refractivity contribution is 6.17. The van der Waals surface area contributed by atoms with Gasteiger partial charge in [-0.2, -0.15) is 5.10 Å². The summed E-state index contributed by atoms with van der Waals surface area (Å²) < 4.78 is 22.0. The highest BCUT2D eigenvalue weighted by atomic mass is 19.1. The van der Waals surface area contributed by atoms with E-state index in [0.717, 1.165) is 16.5 Å². The zero-order valence-corrected chi connectivity index (χ0v) is 16.9. The summed E-state index contributed by atoms with van der Waals surface area (Å²) in [5.41, 5.74) is 1.83. The van der Waals surface area contributed by atoms with Gasteiger partial charge in [0.15, 0.2) is 0 Å². The summed E-state index contributed by atoms with van der Waals surface area (Å²) >= 11 is 0. The standard InChI is InChI=1S/C24H15FN4O4/c25-16-9-18-20(22-14(16)5-7-33-22)19(15-2-1-6-26-23(15)30)21(24(31)32)29(18)11-12-3-4-13-10-27-28-17(13)8-12/h1-10H,11H2,(H,26,30)(H,27,28)(H,31,32). The van der Waals surface area contributed by atoms with Crippen LogP contribution < -0.4 is 5.56 Å². The number of nitrogens with one attached hydrogen (secondary N) is 2. The number of aromatic nitrogens is 4. The van der Waals surface area contributed by atoms with Gasteiger partial charge in [-0.05, 0) is 35.9 Å². The number of furan rings is 1. The number of H-pyrrole nitrogens is 2. The quantitative estimate of drug-likeness (QED) is 0.372. The molecule has 8 nitrogen and oxygen atoms in total. The number of aromatic carboxylic acids is 1. The molecule has 3 N–H and O–H groups in total.